The molecule has 1 unspecified atom stereocenters. The zero-order chi connectivity index (χ0) is 8.44. The van der Waals surface area contributed by atoms with Crippen LogP contribution in [0.3, 0.4) is 0 Å². The maximum atomic E-state index is 10.9. The Morgan fingerprint density at radius 2 is 2.33 bits per heavy atom. The van der Waals surface area contributed by atoms with Crippen molar-refractivity contribution in [2.75, 3.05) is 19.8 Å². The number of nitrogens with one attached hydrogen (secondary N) is 1. The second kappa shape index (κ2) is 2.94. The van der Waals surface area contributed by atoms with Gasteiger partial charge in [-0.15, -0.1) is 0 Å². The quantitative estimate of drug-likeness (QED) is 0.582. The zero-order valence-corrected chi connectivity index (χ0v) is 6.97. The summed E-state index contributed by atoms with van der Waals surface area (Å²) in [4.78, 5) is 10.9. The standard InChI is InChI=1S/C8H13NO3/c10-7-9-4-3-8(12-7)2-1-5-11-6-8/h1-6H2,(H,9,10). The van der Waals surface area contributed by atoms with Gasteiger partial charge in [-0.1, -0.05) is 0 Å². The Morgan fingerprint density at radius 3 is 3.00 bits per heavy atom. The Balaban J connectivity index is 2.02. The molecule has 1 spiro atoms. The predicted octanol–water partition coefficient (Wildman–Crippen LogP) is 0.665. The second-order valence-electron chi connectivity index (χ2n) is 3.41. The molecule has 2 fully saturated rings. The summed E-state index contributed by atoms with van der Waals surface area (Å²) < 4.78 is 10.5. The summed E-state index contributed by atoms with van der Waals surface area (Å²) in [7, 11) is 0. The van der Waals surface area contributed by atoms with Crippen LogP contribution in [0.5, 0.6) is 0 Å². The number of carbonyl (C=O) groups excluding carboxylic acids is 1. The number of hydrogen-bond donors (Lipinski definition) is 1. The third kappa shape index (κ3) is 1.39. The van der Waals surface area contributed by atoms with E-state index in [9.17, 15) is 4.79 Å². The molecule has 1 amide bonds. The lowest BCUT2D eigenvalue weighted by molar-refractivity contribution is -0.104. The van der Waals surface area contributed by atoms with Crippen molar-refractivity contribution in [1.29, 1.82) is 0 Å². The summed E-state index contributed by atoms with van der Waals surface area (Å²) in [5.41, 5.74) is -0.305. The lowest BCUT2D eigenvalue weighted by Gasteiger charge is -2.39. The average Bonchev–Trinajstić information content (AvgIpc) is 2.05. The molecule has 2 aliphatic rings. The number of amides is 1. The third-order valence-corrected chi connectivity index (χ3v) is 2.45. The van der Waals surface area contributed by atoms with Gasteiger partial charge in [-0.2, -0.15) is 0 Å². The number of ether oxygens (including phenoxy) is 2. The molecule has 0 aromatic rings. The number of hydrogen-bond acceptors (Lipinski definition) is 3. The summed E-state index contributed by atoms with van der Waals surface area (Å²) in [5, 5.41) is 2.64. The topological polar surface area (TPSA) is 47.6 Å². The fourth-order valence-corrected chi connectivity index (χ4v) is 1.78. The maximum Gasteiger partial charge on any atom is 0.407 e. The lowest BCUT2D eigenvalue weighted by atomic mass is 9.92. The maximum absolute atomic E-state index is 10.9. The number of rotatable bonds is 0. The Kier molecular flexibility index (Phi) is 1.92. The molecule has 4 nitrogen and oxygen atoms in total. The minimum Gasteiger partial charge on any atom is -0.440 e. The Labute approximate surface area is 71.2 Å². The Hall–Kier alpha value is -0.770. The molecular weight excluding hydrogens is 158 g/mol. The summed E-state index contributed by atoms with van der Waals surface area (Å²) in [5.74, 6) is 0. The minimum absolute atomic E-state index is 0.299. The van der Waals surface area contributed by atoms with Crippen LogP contribution in [0.1, 0.15) is 19.3 Å². The van der Waals surface area contributed by atoms with Crippen LogP contribution >= 0.6 is 0 Å². The number of alkyl carbamates (subject to hydrolysis) is 1. The fraction of sp³-hybridized carbons (Fsp3) is 0.875. The molecule has 0 aliphatic carbocycles. The van der Waals surface area contributed by atoms with E-state index in [2.05, 4.69) is 5.32 Å². The molecule has 1 atom stereocenters. The van der Waals surface area contributed by atoms with Gasteiger partial charge in [0, 0.05) is 19.6 Å². The van der Waals surface area contributed by atoms with Gasteiger partial charge in [0.1, 0.15) is 5.60 Å². The highest BCUT2D eigenvalue weighted by Gasteiger charge is 2.39. The molecule has 0 radical (unpaired) electrons. The highest BCUT2D eigenvalue weighted by atomic mass is 16.6. The van der Waals surface area contributed by atoms with Crippen LogP contribution in [0.25, 0.3) is 0 Å². The molecule has 1 N–H and O–H groups in total. The van der Waals surface area contributed by atoms with Crippen molar-refractivity contribution in [3.63, 3.8) is 0 Å². The van der Waals surface area contributed by atoms with Crippen molar-refractivity contribution in [3.05, 3.63) is 0 Å². The van der Waals surface area contributed by atoms with Crippen LogP contribution in [0.4, 0.5) is 4.79 Å². The monoisotopic (exact) mass is 171 g/mol. The first-order chi connectivity index (χ1) is 5.81. The van der Waals surface area contributed by atoms with Crippen molar-refractivity contribution in [1.82, 2.24) is 5.32 Å². The normalized spacial score (nSPS) is 35.8. The van der Waals surface area contributed by atoms with Crippen LogP contribution in [0, 0.1) is 0 Å². The van der Waals surface area contributed by atoms with Gasteiger partial charge >= 0.3 is 6.09 Å². The smallest absolute Gasteiger partial charge is 0.407 e. The van der Waals surface area contributed by atoms with Crippen molar-refractivity contribution in [3.8, 4) is 0 Å². The van der Waals surface area contributed by atoms with Crippen molar-refractivity contribution in [2.24, 2.45) is 0 Å². The van der Waals surface area contributed by atoms with E-state index < -0.39 is 0 Å². The largest absolute Gasteiger partial charge is 0.440 e. The predicted molar refractivity (Wildman–Crippen MR) is 41.9 cm³/mol. The molecule has 68 valence electrons. The van der Waals surface area contributed by atoms with E-state index in [1.54, 1.807) is 0 Å². The molecule has 12 heavy (non-hydrogen) atoms. The Morgan fingerprint density at radius 1 is 1.42 bits per heavy atom. The van der Waals surface area contributed by atoms with E-state index in [0.717, 1.165) is 25.9 Å². The van der Waals surface area contributed by atoms with E-state index >= 15 is 0 Å². The highest BCUT2D eigenvalue weighted by Crippen LogP contribution is 2.28. The molecule has 4 heteroatoms. The average molecular weight is 171 g/mol. The van der Waals surface area contributed by atoms with Gasteiger partial charge in [0.25, 0.3) is 0 Å². The summed E-state index contributed by atoms with van der Waals surface area (Å²) in [6.07, 6.45) is 2.51. The van der Waals surface area contributed by atoms with Gasteiger partial charge in [0.05, 0.1) is 6.61 Å². The fourth-order valence-electron chi connectivity index (χ4n) is 1.78. The van der Waals surface area contributed by atoms with E-state index in [-0.39, 0.29) is 11.7 Å². The summed E-state index contributed by atoms with van der Waals surface area (Å²) in [6, 6.07) is 0. The van der Waals surface area contributed by atoms with Gasteiger partial charge in [0.15, 0.2) is 0 Å². The first kappa shape index (κ1) is 7.86. The van der Waals surface area contributed by atoms with E-state index in [0.29, 0.717) is 13.2 Å². The van der Waals surface area contributed by atoms with Gasteiger partial charge in [-0.05, 0) is 12.8 Å². The molecule has 2 saturated heterocycles. The first-order valence-corrected chi connectivity index (χ1v) is 4.35. The molecule has 0 saturated carbocycles. The van der Waals surface area contributed by atoms with Gasteiger partial charge in [-0.25, -0.2) is 4.79 Å². The molecule has 0 aromatic heterocycles. The number of carbonyl (C=O) groups is 1. The van der Waals surface area contributed by atoms with Crippen molar-refractivity contribution >= 4 is 6.09 Å². The molecule has 2 heterocycles. The van der Waals surface area contributed by atoms with E-state index in [4.69, 9.17) is 9.47 Å². The molecular formula is C8H13NO3. The van der Waals surface area contributed by atoms with Gasteiger partial charge < -0.3 is 14.8 Å². The van der Waals surface area contributed by atoms with Crippen LogP contribution in [-0.4, -0.2) is 31.5 Å². The first-order valence-electron chi connectivity index (χ1n) is 4.35. The van der Waals surface area contributed by atoms with Gasteiger partial charge in [-0.3, -0.25) is 0 Å². The van der Waals surface area contributed by atoms with E-state index in [1.807, 2.05) is 0 Å². The molecule has 0 aromatic carbocycles. The zero-order valence-electron chi connectivity index (χ0n) is 6.97. The van der Waals surface area contributed by atoms with Crippen LogP contribution < -0.4 is 5.32 Å². The Bertz CT molecular complexity index is 181. The van der Waals surface area contributed by atoms with Crippen LogP contribution in [0.15, 0.2) is 0 Å². The lowest BCUT2D eigenvalue weighted by Crippen LogP contribution is -2.51. The third-order valence-electron chi connectivity index (χ3n) is 2.45. The van der Waals surface area contributed by atoms with Crippen molar-refractivity contribution < 1.29 is 14.3 Å². The minimum atomic E-state index is -0.305. The van der Waals surface area contributed by atoms with E-state index in [1.165, 1.54) is 0 Å². The van der Waals surface area contributed by atoms with Crippen LogP contribution in [-0.2, 0) is 9.47 Å². The second-order valence-corrected chi connectivity index (χ2v) is 3.41. The molecule has 2 aliphatic heterocycles. The summed E-state index contributed by atoms with van der Waals surface area (Å²) >= 11 is 0. The molecule has 0 bridgehead atoms. The molecule has 2 rings (SSSR count). The highest BCUT2D eigenvalue weighted by molar-refractivity contribution is 5.68. The van der Waals surface area contributed by atoms with Crippen molar-refractivity contribution in [2.45, 2.75) is 24.9 Å². The summed E-state index contributed by atoms with van der Waals surface area (Å²) in [6.45, 7) is 2.08. The van der Waals surface area contributed by atoms with Crippen LogP contribution in [0.2, 0.25) is 0 Å². The SMILES string of the molecule is O=C1NCCC2(CCCOC2)O1. The van der Waals surface area contributed by atoms with Gasteiger partial charge in [0.2, 0.25) is 0 Å².